The van der Waals surface area contributed by atoms with Crippen molar-refractivity contribution in [3.05, 3.63) is 48.0 Å². The Labute approximate surface area is 137 Å². The molecule has 3 heteroatoms. The van der Waals surface area contributed by atoms with Crippen LogP contribution in [-0.4, -0.2) is 30.5 Å². The number of carbonyl (C=O) groups is 1. The van der Waals surface area contributed by atoms with Crippen LogP contribution in [0.25, 0.3) is 10.8 Å². The Hall–Kier alpha value is -1.87. The minimum atomic E-state index is -0.0816. The molecule has 2 aromatic rings. The summed E-state index contributed by atoms with van der Waals surface area (Å²) in [6.07, 6.45) is 4.58. The first-order chi connectivity index (χ1) is 11.3. The van der Waals surface area contributed by atoms with E-state index in [0.29, 0.717) is 0 Å². The van der Waals surface area contributed by atoms with Gasteiger partial charge in [0.05, 0.1) is 5.92 Å². The minimum Gasteiger partial charge on any atom is -0.457 e. The third-order valence-corrected chi connectivity index (χ3v) is 5.16. The van der Waals surface area contributed by atoms with Crippen molar-refractivity contribution in [3.63, 3.8) is 0 Å². The lowest BCUT2D eigenvalue weighted by Crippen LogP contribution is -2.35. The molecule has 2 aliphatic rings. The van der Waals surface area contributed by atoms with E-state index in [1.807, 2.05) is 12.1 Å². The fourth-order valence-corrected chi connectivity index (χ4v) is 3.85. The highest BCUT2D eigenvalue weighted by atomic mass is 16.6. The number of carbonyl (C=O) groups excluding carboxylic acids is 1. The molecule has 0 amide bonds. The summed E-state index contributed by atoms with van der Waals surface area (Å²) >= 11 is 0. The van der Waals surface area contributed by atoms with Crippen molar-refractivity contribution in [3.8, 4) is 0 Å². The van der Waals surface area contributed by atoms with Gasteiger partial charge in [-0.2, -0.15) is 0 Å². The molecule has 0 aromatic heterocycles. The second kappa shape index (κ2) is 6.32. The Kier molecular flexibility index (Phi) is 4.04. The minimum absolute atomic E-state index is 0.0197. The van der Waals surface area contributed by atoms with Gasteiger partial charge in [-0.1, -0.05) is 42.8 Å². The zero-order chi connectivity index (χ0) is 15.6. The summed E-state index contributed by atoms with van der Waals surface area (Å²) in [5, 5.41) is 2.44. The van der Waals surface area contributed by atoms with Gasteiger partial charge in [0, 0.05) is 13.0 Å². The Bertz CT molecular complexity index is 706. The standard InChI is InChI=1S/C20H23NO2/c22-20-18(14-21-10-4-1-5-11-21)13-19(23-20)17-9-8-15-6-2-3-7-16(15)12-17/h2-3,6-9,12,18-19H,1,4-5,10-11,13-14H2/t18?,19-/m0/s1. The molecule has 0 N–H and O–H groups in total. The van der Waals surface area contributed by atoms with Crippen LogP contribution in [0, 0.1) is 5.92 Å². The van der Waals surface area contributed by atoms with Gasteiger partial charge < -0.3 is 9.64 Å². The maximum Gasteiger partial charge on any atom is 0.311 e. The van der Waals surface area contributed by atoms with E-state index in [0.717, 1.165) is 31.6 Å². The molecule has 2 fully saturated rings. The summed E-state index contributed by atoms with van der Waals surface area (Å²) < 4.78 is 5.68. The number of ether oxygens (including phenoxy) is 1. The van der Waals surface area contributed by atoms with Crippen molar-refractivity contribution in [2.24, 2.45) is 5.92 Å². The predicted octanol–water partition coefficient (Wildman–Crippen LogP) is 3.93. The molecule has 2 atom stereocenters. The smallest absolute Gasteiger partial charge is 0.311 e. The zero-order valence-electron chi connectivity index (χ0n) is 13.4. The number of nitrogens with zero attached hydrogens (tertiary/aromatic N) is 1. The Balaban J connectivity index is 1.48. The van der Waals surface area contributed by atoms with Crippen LogP contribution in [0.3, 0.4) is 0 Å². The number of esters is 1. The third kappa shape index (κ3) is 3.11. The number of hydrogen-bond acceptors (Lipinski definition) is 3. The molecule has 0 aliphatic carbocycles. The molecular weight excluding hydrogens is 286 g/mol. The van der Waals surface area contributed by atoms with Gasteiger partial charge in [0.25, 0.3) is 0 Å². The van der Waals surface area contributed by atoms with Gasteiger partial charge in [0.1, 0.15) is 6.10 Å². The second-order valence-electron chi connectivity index (χ2n) is 6.83. The van der Waals surface area contributed by atoms with Crippen LogP contribution in [0.2, 0.25) is 0 Å². The van der Waals surface area contributed by atoms with E-state index in [-0.39, 0.29) is 18.0 Å². The molecule has 4 rings (SSSR count). The molecule has 0 radical (unpaired) electrons. The van der Waals surface area contributed by atoms with Crippen molar-refractivity contribution in [2.75, 3.05) is 19.6 Å². The molecule has 3 nitrogen and oxygen atoms in total. The average molecular weight is 309 g/mol. The fourth-order valence-electron chi connectivity index (χ4n) is 3.85. The van der Waals surface area contributed by atoms with Crippen LogP contribution < -0.4 is 0 Å². The first-order valence-corrected chi connectivity index (χ1v) is 8.71. The Morgan fingerprint density at radius 1 is 1.00 bits per heavy atom. The molecule has 23 heavy (non-hydrogen) atoms. The van der Waals surface area contributed by atoms with Crippen molar-refractivity contribution in [1.29, 1.82) is 0 Å². The first-order valence-electron chi connectivity index (χ1n) is 8.71. The number of hydrogen-bond donors (Lipinski definition) is 0. The van der Waals surface area contributed by atoms with Gasteiger partial charge in [0.2, 0.25) is 0 Å². The summed E-state index contributed by atoms with van der Waals surface area (Å²) in [7, 11) is 0. The van der Waals surface area contributed by atoms with Crippen LogP contribution in [0.4, 0.5) is 0 Å². The van der Waals surface area contributed by atoms with Gasteiger partial charge in [-0.25, -0.2) is 0 Å². The lowest BCUT2D eigenvalue weighted by molar-refractivity contribution is -0.145. The molecule has 2 saturated heterocycles. The highest BCUT2D eigenvalue weighted by Gasteiger charge is 2.36. The van der Waals surface area contributed by atoms with Crippen LogP contribution in [0.5, 0.6) is 0 Å². The third-order valence-electron chi connectivity index (χ3n) is 5.16. The molecule has 120 valence electrons. The Morgan fingerprint density at radius 3 is 2.61 bits per heavy atom. The largest absolute Gasteiger partial charge is 0.457 e. The van der Waals surface area contributed by atoms with Crippen molar-refractivity contribution in [1.82, 2.24) is 4.90 Å². The van der Waals surface area contributed by atoms with Crippen LogP contribution in [0.1, 0.15) is 37.4 Å². The fraction of sp³-hybridized carbons (Fsp3) is 0.450. The van der Waals surface area contributed by atoms with E-state index >= 15 is 0 Å². The lowest BCUT2D eigenvalue weighted by Gasteiger charge is -2.27. The summed E-state index contributed by atoms with van der Waals surface area (Å²) in [4.78, 5) is 14.7. The van der Waals surface area contributed by atoms with Crippen molar-refractivity contribution >= 4 is 16.7 Å². The van der Waals surface area contributed by atoms with E-state index in [1.54, 1.807) is 0 Å². The van der Waals surface area contributed by atoms with Crippen molar-refractivity contribution in [2.45, 2.75) is 31.8 Å². The highest BCUT2D eigenvalue weighted by molar-refractivity contribution is 5.83. The molecule has 0 spiro atoms. The zero-order valence-corrected chi connectivity index (χ0v) is 13.4. The van der Waals surface area contributed by atoms with E-state index in [4.69, 9.17) is 4.74 Å². The van der Waals surface area contributed by atoms with Gasteiger partial charge >= 0.3 is 5.97 Å². The monoisotopic (exact) mass is 309 g/mol. The topological polar surface area (TPSA) is 29.5 Å². The van der Waals surface area contributed by atoms with Gasteiger partial charge in [-0.15, -0.1) is 0 Å². The summed E-state index contributed by atoms with van der Waals surface area (Å²) in [5.74, 6) is 0.0123. The van der Waals surface area contributed by atoms with Gasteiger partial charge in [0.15, 0.2) is 0 Å². The van der Waals surface area contributed by atoms with E-state index in [2.05, 4.69) is 35.2 Å². The molecule has 1 unspecified atom stereocenters. The highest BCUT2D eigenvalue weighted by Crippen LogP contribution is 2.35. The average Bonchev–Trinajstić information content (AvgIpc) is 2.96. The lowest BCUT2D eigenvalue weighted by atomic mass is 9.97. The van der Waals surface area contributed by atoms with Crippen LogP contribution in [0.15, 0.2) is 42.5 Å². The number of likely N-dealkylation sites (tertiary alicyclic amines) is 1. The maximum absolute atomic E-state index is 12.2. The number of fused-ring (bicyclic) bond motifs is 1. The number of benzene rings is 2. The SMILES string of the molecule is O=C1O[C@H](c2ccc3ccccc3c2)CC1CN1CCCCC1. The Morgan fingerprint density at radius 2 is 1.78 bits per heavy atom. The van der Waals surface area contributed by atoms with Gasteiger partial charge in [-0.05, 0) is 48.3 Å². The molecule has 0 bridgehead atoms. The molecule has 0 saturated carbocycles. The summed E-state index contributed by atoms with van der Waals surface area (Å²) in [6.45, 7) is 3.12. The summed E-state index contributed by atoms with van der Waals surface area (Å²) in [5.41, 5.74) is 1.12. The van der Waals surface area contributed by atoms with Crippen molar-refractivity contribution < 1.29 is 9.53 Å². The quantitative estimate of drug-likeness (QED) is 0.805. The van der Waals surface area contributed by atoms with E-state index in [1.165, 1.54) is 30.0 Å². The maximum atomic E-state index is 12.2. The van der Waals surface area contributed by atoms with Gasteiger partial charge in [-0.3, -0.25) is 4.79 Å². The molecule has 2 aromatic carbocycles. The van der Waals surface area contributed by atoms with Crippen LogP contribution in [-0.2, 0) is 9.53 Å². The van der Waals surface area contributed by atoms with E-state index in [9.17, 15) is 4.79 Å². The number of rotatable bonds is 3. The predicted molar refractivity (Wildman–Crippen MR) is 91.2 cm³/mol. The number of cyclic esters (lactones) is 1. The molecular formula is C20H23NO2. The number of piperidine rings is 1. The summed E-state index contributed by atoms with van der Waals surface area (Å²) in [6, 6.07) is 14.7. The van der Waals surface area contributed by atoms with E-state index < -0.39 is 0 Å². The first kappa shape index (κ1) is 14.7. The molecule has 2 aliphatic heterocycles. The molecule has 2 heterocycles. The van der Waals surface area contributed by atoms with Crippen LogP contribution >= 0.6 is 0 Å². The normalized spacial score (nSPS) is 25.7. The second-order valence-corrected chi connectivity index (χ2v) is 6.83.